The number of fused-ring (bicyclic) bond motifs is 1. The SMILES string of the molecule is CSN1CCc2cc(OCCCC3CCN(c4ccc(C(=O)O)cn4)CC3)ccc2C1. The molecule has 2 aliphatic rings. The molecule has 6 nitrogen and oxygen atoms in total. The molecule has 0 unspecified atom stereocenters. The minimum Gasteiger partial charge on any atom is -0.494 e. The third kappa shape index (κ3) is 5.71. The second kappa shape index (κ2) is 10.4. The molecule has 1 aromatic heterocycles. The Balaban J connectivity index is 1.17. The van der Waals surface area contributed by atoms with Crippen LogP contribution in [0.1, 0.15) is 47.2 Å². The zero-order valence-corrected chi connectivity index (χ0v) is 18.9. The molecule has 1 fully saturated rings. The molecule has 3 heterocycles. The van der Waals surface area contributed by atoms with Crippen LogP contribution in [0.15, 0.2) is 36.5 Å². The summed E-state index contributed by atoms with van der Waals surface area (Å²) in [5.74, 6) is 1.67. The van der Waals surface area contributed by atoms with E-state index in [4.69, 9.17) is 9.84 Å². The molecule has 0 amide bonds. The summed E-state index contributed by atoms with van der Waals surface area (Å²) in [5, 5.41) is 9.00. The Morgan fingerprint density at radius 3 is 2.74 bits per heavy atom. The Hall–Kier alpha value is -2.25. The van der Waals surface area contributed by atoms with Crippen molar-refractivity contribution in [1.29, 1.82) is 0 Å². The van der Waals surface area contributed by atoms with Gasteiger partial charge in [-0.15, -0.1) is 0 Å². The standard InChI is InChI=1S/C24H31N3O3S/c1-31-27-13-10-19-15-22(6-4-21(19)17-27)30-14-2-3-18-8-11-26(12-9-18)23-7-5-20(16-25-23)24(28)29/h4-7,15-16,18H,2-3,8-14,17H2,1H3,(H,28,29). The molecular weight excluding hydrogens is 410 g/mol. The van der Waals surface area contributed by atoms with Gasteiger partial charge in [-0.05, 0) is 79.7 Å². The number of pyridine rings is 1. The average molecular weight is 442 g/mol. The Morgan fingerprint density at radius 1 is 1.19 bits per heavy atom. The highest BCUT2D eigenvalue weighted by molar-refractivity contribution is 7.96. The summed E-state index contributed by atoms with van der Waals surface area (Å²) in [6, 6.07) is 10.0. The fourth-order valence-electron chi connectivity index (χ4n) is 4.46. The van der Waals surface area contributed by atoms with Crippen LogP contribution in [0.2, 0.25) is 0 Å². The van der Waals surface area contributed by atoms with Crippen molar-refractivity contribution in [1.82, 2.24) is 9.29 Å². The number of carboxylic acids is 1. The van der Waals surface area contributed by atoms with E-state index in [9.17, 15) is 4.79 Å². The molecule has 0 atom stereocenters. The van der Waals surface area contributed by atoms with Crippen LogP contribution in [0, 0.1) is 5.92 Å². The third-order valence-electron chi connectivity index (χ3n) is 6.37. The van der Waals surface area contributed by atoms with E-state index in [0.29, 0.717) is 0 Å². The minimum atomic E-state index is -0.933. The molecule has 166 valence electrons. The third-order valence-corrected chi connectivity index (χ3v) is 7.20. The quantitative estimate of drug-likeness (QED) is 0.478. The van der Waals surface area contributed by atoms with Gasteiger partial charge in [-0.25, -0.2) is 14.1 Å². The first-order valence-electron chi connectivity index (χ1n) is 11.1. The molecule has 1 N–H and O–H groups in total. The molecule has 1 saturated heterocycles. The number of aromatic nitrogens is 1. The fraction of sp³-hybridized carbons (Fsp3) is 0.500. The Labute approximate surface area is 188 Å². The summed E-state index contributed by atoms with van der Waals surface area (Å²) in [5.41, 5.74) is 3.09. The molecule has 0 saturated carbocycles. The van der Waals surface area contributed by atoms with Gasteiger partial charge in [0.2, 0.25) is 0 Å². The number of ether oxygens (including phenoxy) is 1. The monoisotopic (exact) mass is 441 g/mol. The van der Waals surface area contributed by atoms with Gasteiger partial charge in [0.1, 0.15) is 11.6 Å². The van der Waals surface area contributed by atoms with Crippen LogP contribution in [0.25, 0.3) is 0 Å². The lowest BCUT2D eigenvalue weighted by Crippen LogP contribution is -2.34. The summed E-state index contributed by atoms with van der Waals surface area (Å²) in [4.78, 5) is 17.5. The van der Waals surface area contributed by atoms with Crippen LogP contribution in [0.4, 0.5) is 5.82 Å². The van der Waals surface area contributed by atoms with Crippen molar-refractivity contribution in [2.75, 3.05) is 37.4 Å². The molecule has 2 aromatic rings. The predicted molar refractivity (Wildman–Crippen MR) is 125 cm³/mol. The van der Waals surface area contributed by atoms with Crippen LogP contribution < -0.4 is 9.64 Å². The number of hydrogen-bond acceptors (Lipinski definition) is 6. The van der Waals surface area contributed by atoms with E-state index in [1.165, 1.54) is 23.7 Å². The normalized spacial score (nSPS) is 17.4. The van der Waals surface area contributed by atoms with Crippen LogP contribution in [-0.4, -0.2) is 52.9 Å². The first-order chi connectivity index (χ1) is 15.1. The first kappa shape index (κ1) is 22.0. The molecule has 1 aromatic carbocycles. The number of aromatic carboxylic acids is 1. The molecule has 4 rings (SSSR count). The summed E-state index contributed by atoms with van der Waals surface area (Å²) >= 11 is 1.82. The lowest BCUT2D eigenvalue weighted by molar-refractivity contribution is 0.0696. The van der Waals surface area contributed by atoms with E-state index in [1.54, 1.807) is 6.07 Å². The van der Waals surface area contributed by atoms with Gasteiger partial charge >= 0.3 is 5.97 Å². The van der Waals surface area contributed by atoms with E-state index in [0.717, 1.165) is 76.0 Å². The molecule has 0 bridgehead atoms. The van der Waals surface area contributed by atoms with Crippen molar-refractivity contribution in [3.63, 3.8) is 0 Å². The maximum Gasteiger partial charge on any atom is 0.337 e. The number of benzene rings is 1. The predicted octanol–water partition coefficient (Wildman–Crippen LogP) is 4.49. The van der Waals surface area contributed by atoms with Crippen molar-refractivity contribution in [3.8, 4) is 5.75 Å². The fourth-order valence-corrected chi connectivity index (χ4v) is 5.00. The summed E-state index contributed by atoms with van der Waals surface area (Å²) < 4.78 is 8.45. The molecular formula is C24H31N3O3S. The maximum absolute atomic E-state index is 11.0. The molecule has 7 heteroatoms. The highest BCUT2D eigenvalue weighted by Crippen LogP contribution is 2.28. The Morgan fingerprint density at radius 2 is 2.03 bits per heavy atom. The van der Waals surface area contributed by atoms with E-state index < -0.39 is 5.97 Å². The Bertz CT molecular complexity index is 882. The van der Waals surface area contributed by atoms with Crippen molar-refractivity contribution < 1.29 is 14.6 Å². The summed E-state index contributed by atoms with van der Waals surface area (Å²) in [6.45, 7) is 4.85. The number of hydrogen-bond donors (Lipinski definition) is 1. The average Bonchev–Trinajstić information content (AvgIpc) is 2.82. The largest absolute Gasteiger partial charge is 0.494 e. The van der Waals surface area contributed by atoms with Crippen molar-refractivity contribution in [3.05, 3.63) is 53.2 Å². The van der Waals surface area contributed by atoms with Crippen molar-refractivity contribution >= 4 is 23.7 Å². The number of anilines is 1. The topological polar surface area (TPSA) is 65.9 Å². The molecule has 0 spiro atoms. The van der Waals surface area contributed by atoms with Gasteiger partial charge in [0, 0.05) is 32.4 Å². The maximum atomic E-state index is 11.0. The number of carbonyl (C=O) groups is 1. The molecule has 2 aliphatic heterocycles. The number of piperidine rings is 1. The van der Waals surface area contributed by atoms with Crippen LogP contribution in [-0.2, 0) is 13.0 Å². The highest BCUT2D eigenvalue weighted by atomic mass is 32.2. The van der Waals surface area contributed by atoms with Gasteiger partial charge < -0.3 is 14.7 Å². The zero-order valence-electron chi connectivity index (χ0n) is 18.1. The molecule has 0 aliphatic carbocycles. The lowest BCUT2D eigenvalue weighted by atomic mass is 9.92. The van der Waals surface area contributed by atoms with Crippen LogP contribution in [0.5, 0.6) is 5.75 Å². The van der Waals surface area contributed by atoms with Crippen molar-refractivity contribution in [2.45, 2.75) is 38.6 Å². The van der Waals surface area contributed by atoms with Gasteiger partial charge in [-0.3, -0.25) is 0 Å². The minimum absolute atomic E-state index is 0.236. The Kier molecular flexibility index (Phi) is 7.35. The molecule has 31 heavy (non-hydrogen) atoms. The van der Waals surface area contributed by atoms with Crippen LogP contribution in [0.3, 0.4) is 0 Å². The van der Waals surface area contributed by atoms with Crippen LogP contribution >= 0.6 is 11.9 Å². The van der Waals surface area contributed by atoms with Gasteiger partial charge in [-0.2, -0.15) is 0 Å². The van der Waals surface area contributed by atoms with Gasteiger partial charge in [0.05, 0.1) is 12.2 Å². The summed E-state index contributed by atoms with van der Waals surface area (Å²) in [7, 11) is 0. The summed E-state index contributed by atoms with van der Waals surface area (Å²) in [6.07, 6.45) is 9.24. The number of nitrogens with zero attached hydrogens (tertiary/aromatic N) is 3. The van der Waals surface area contributed by atoms with Gasteiger partial charge in [0.15, 0.2) is 0 Å². The van der Waals surface area contributed by atoms with Crippen molar-refractivity contribution in [2.24, 2.45) is 5.92 Å². The second-order valence-corrected chi connectivity index (χ2v) is 9.24. The van der Waals surface area contributed by atoms with E-state index in [1.807, 2.05) is 18.0 Å². The van der Waals surface area contributed by atoms with Gasteiger partial charge in [-0.1, -0.05) is 18.0 Å². The number of rotatable bonds is 8. The smallest absolute Gasteiger partial charge is 0.337 e. The second-order valence-electron chi connectivity index (χ2n) is 8.36. The van der Waals surface area contributed by atoms with E-state index in [2.05, 4.69) is 38.6 Å². The van der Waals surface area contributed by atoms with Gasteiger partial charge in [0.25, 0.3) is 0 Å². The lowest BCUT2D eigenvalue weighted by Gasteiger charge is -2.32. The number of carboxylic acid groups (broad SMARTS) is 1. The highest BCUT2D eigenvalue weighted by Gasteiger charge is 2.20. The van der Waals surface area contributed by atoms with E-state index >= 15 is 0 Å². The molecule has 0 radical (unpaired) electrons. The zero-order chi connectivity index (χ0) is 21.6. The van der Waals surface area contributed by atoms with E-state index in [-0.39, 0.29) is 5.56 Å². The first-order valence-corrected chi connectivity index (χ1v) is 12.3.